The summed E-state index contributed by atoms with van der Waals surface area (Å²) in [5.74, 6) is 0.829. The summed E-state index contributed by atoms with van der Waals surface area (Å²) >= 11 is 9.66. The standard InChI is InChI=1S/C15H16BrClN2/c1-3-19(10-12-7-5-4-6-11(12)2)15-14(17)8-13(16)9-18-15/h4-9H,3,10H2,1-2H3. The van der Waals surface area contributed by atoms with E-state index in [1.165, 1.54) is 11.1 Å². The van der Waals surface area contributed by atoms with Gasteiger partial charge in [-0.2, -0.15) is 0 Å². The third-order valence-corrected chi connectivity index (χ3v) is 3.80. The third kappa shape index (κ3) is 3.48. The molecule has 0 fully saturated rings. The van der Waals surface area contributed by atoms with Crippen LogP contribution in [0.3, 0.4) is 0 Å². The Labute approximate surface area is 127 Å². The zero-order valence-electron chi connectivity index (χ0n) is 11.0. The predicted octanol–water partition coefficient (Wildman–Crippen LogP) is 4.83. The summed E-state index contributed by atoms with van der Waals surface area (Å²) < 4.78 is 0.896. The van der Waals surface area contributed by atoms with Crippen molar-refractivity contribution < 1.29 is 0 Å². The molecule has 0 aliphatic heterocycles. The molecule has 0 bridgehead atoms. The molecular weight excluding hydrogens is 324 g/mol. The fourth-order valence-corrected chi connectivity index (χ4v) is 2.72. The number of halogens is 2. The molecule has 2 rings (SSSR count). The summed E-state index contributed by atoms with van der Waals surface area (Å²) in [5.41, 5.74) is 2.58. The van der Waals surface area contributed by atoms with Crippen LogP contribution in [0.2, 0.25) is 5.02 Å². The molecule has 0 unspecified atom stereocenters. The fraction of sp³-hybridized carbons (Fsp3) is 0.267. The molecule has 2 nitrogen and oxygen atoms in total. The molecule has 1 aromatic heterocycles. The smallest absolute Gasteiger partial charge is 0.147 e. The molecule has 0 aliphatic carbocycles. The van der Waals surface area contributed by atoms with Crippen molar-refractivity contribution in [1.29, 1.82) is 0 Å². The number of hydrogen-bond donors (Lipinski definition) is 0. The van der Waals surface area contributed by atoms with E-state index in [9.17, 15) is 0 Å². The Morgan fingerprint density at radius 2 is 2.05 bits per heavy atom. The van der Waals surface area contributed by atoms with Crippen LogP contribution in [-0.4, -0.2) is 11.5 Å². The monoisotopic (exact) mass is 338 g/mol. The molecule has 0 radical (unpaired) electrons. The van der Waals surface area contributed by atoms with Crippen LogP contribution in [0.15, 0.2) is 41.0 Å². The van der Waals surface area contributed by atoms with E-state index in [-0.39, 0.29) is 0 Å². The Bertz CT molecular complexity index is 572. The lowest BCUT2D eigenvalue weighted by Gasteiger charge is -2.24. The molecule has 0 saturated carbocycles. The second-order valence-corrected chi connectivity index (χ2v) is 5.72. The quantitative estimate of drug-likeness (QED) is 0.793. The number of aryl methyl sites for hydroxylation is 1. The Morgan fingerprint density at radius 1 is 1.32 bits per heavy atom. The van der Waals surface area contributed by atoms with Crippen LogP contribution in [0.25, 0.3) is 0 Å². The first-order chi connectivity index (χ1) is 9.11. The Balaban J connectivity index is 2.28. The molecular formula is C15H16BrClN2. The molecule has 2 aromatic rings. The van der Waals surface area contributed by atoms with Crippen LogP contribution >= 0.6 is 27.5 Å². The highest BCUT2D eigenvalue weighted by atomic mass is 79.9. The van der Waals surface area contributed by atoms with Crippen LogP contribution in [0.1, 0.15) is 18.1 Å². The van der Waals surface area contributed by atoms with Gasteiger partial charge < -0.3 is 4.90 Å². The molecule has 19 heavy (non-hydrogen) atoms. The normalized spacial score (nSPS) is 10.5. The molecule has 0 N–H and O–H groups in total. The van der Waals surface area contributed by atoms with Crippen molar-refractivity contribution in [3.8, 4) is 0 Å². The molecule has 0 amide bonds. The highest BCUT2D eigenvalue weighted by molar-refractivity contribution is 9.10. The van der Waals surface area contributed by atoms with Gasteiger partial charge in [0.2, 0.25) is 0 Å². The van der Waals surface area contributed by atoms with Gasteiger partial charge in [-0.25, -0.2) is 4.98 Å². The number of nitrogens with zero attached hydrogens (tertiary/aromatic N) is 2. The van der Waals surface area contributed by atoms with Crippen molar-refractivity contribution in [2.24, 2.45) is 0 Å². The summed E-state index contributed by atoms with van der Waals surface area (Å²) in [6.45, 7) is 5.92. The minimum Gasteiger partial charge on any atom is -0.351 e. The zero-order chi connectivity index (χ0) is 13.8. The van der Waals surface area contributed by atoms with Crippen molar-refractivity contribution in [2.75, 3.05) is 11.4 Å². The van der Waals surface area contributed by atoms with Gasteiger partial charge in [0.15, 0.2) is 0 Å². The number of benzene rings is 1. The maximum atomic E-state index is 6.27. The third-order valence-electron chi connectivity index (χ3n) is 3.09. The van der Waals surface area contributed by atoms with Gasteiger partial charge in [0.05, 0.1) is 5.02 Å². The van der Waals surface area contributed by atoms with Crippen molar-refractivity contribution in [1.82, 2.24) is 4.98 Å². The Kier molecular flexibility index (Phi) is 4.83. The summed E-state index contributed by atoms with van der Waals surface area (Å²) in [7, 11) is 0. The molecule has 0 saturated heterocycles. The fourth-order valence-electron chi connectivity index (χ4n) is 1.97. The van der Waals surface area contributed by atoms with E-state index >= 15 is 0 Å². The lowest BCUT2D eigenvalue weighted by molar-refractivity contribution is 0.809. The van der Waals surface area contributed by atoms with Gasteiger partial charge in [0.1, 0.15) is 5.82 Å². The average molecular weight is 340 g/mol. The number of rotatable bonds is 4. The van der Waals surface area contributed by atoms with E-state index in [1.807, 2.05) is 6.07 Å². The van der Waals surface area contributed by atoms with Crippen LogP contribution in [0.5, 0.6) is 0 Å². The van der Waals surface area contributed by atoms with Crippen molar-refractivity contribution in [3.63, 3.8) is 0 Å². The topological polar surface area (TPSA) is 16.1 Å². The SMILES string of the molecule is CCN(Cc1ccccc1C)c1ncc(Br)cc1Cl. The van der Waals surface area contributed by atoms with E-state index in [2.05, 4.69) is 63.9 Å². The maximum Gasteiger partial charge on any atom is 0.147 e. The van der Waals surface area contributed by atoms with E-state index < -0.39 is 0 Å². The van der Waals surface area contributed by atoms with Crippen LogP contribution in [0.4, 0.5) is 5.82 Å². The van der Waals surface area contributed by atoms with Gasteiger partial charge in [0.25, 0.3) is 0 Å². The summed E-state index contributed by atoms with van der Waals surface area (Å²) in [6.07, 6.45) is 1.78. The maximum absolute atomic E-state index is 6.27. The number of anilines is 1. The molecule has 4 heteroatoms. The summed E-state index contributed by atoms with van der Waals surface area (Å²) in [5, 5.41) is 0.671. The van der Waals surface area contributed by atoms with Crippen LogP contribution < -0.4 is 4.90 Å². The van der Waals surface area contributed by atoms with Gasteiger partial charge in [0, 0.05) is 23.8 Å². The minimum absolute atomic E-state index is 0.671. The van der Waals surface area contributed by atoms with E-state index in [0.717, 1.165) is 23.4 Å². The predicted molar refractivity (Wildman–Crippen MR) is 84.9 cm³/mol. The van der Waals surface area contributed by atoms with E-state index in [1.54, 1.807) is 6.20 Å². The Morgan fingerprint density at radius 3 is 2.68 bits per heavy atom. The number of pyridine rings is 1. The lowest BCUT2D eigenvalue weighted by Crippen LogP contribution is -2.23. The van der Waals surface area contributed by atoms with Gasteiger partial charge in [-0.3, -0.25) is 0 Å². The van der Waals surface area contributed by atoms with Gasteiger partial charge in [-0.05, 0) is 47.0 Å². The van der Waals surface area contributed by atoms with Crippen molar-refractivity contribution >= 4 is 33.3 Å². The highest BCUT2D eigenvalue weighted by Crippen LogP contribution is 2.27. The second kappa shape index (κ2) is 6.40. The molecule has 0 aliphatic rings. The molecule has 0 atom stereocenters. The van der Waals surface area contributed by atoms with E-state index in [0.29, 0.717) is 5.02 Å². The molecule has 1 aromatic carbocycles. The van der Waals surface area contributed by atoms with E-state index in [4.69, 9.17) is 11.6 Å². The molecule has 0 spiro atoms. The lowest BCUT2D eigenvalue weighted by atomic mass is 10.1. The first-order valence-corrected chi connectivity index (χ1v) is 7.39. The Hall–Kier alpha value is -1.06. The van der Waals surface area contributed by atoms with Crippen molar-refractivity contribution in [2.45, 2.75) is 20.4 Å². The van der Waals surface area contributed by atoms with Crippen LogP contribution in [-0.2, 0) is 6.54 Å². The highest BCUT2D eigenvalue weighted by Gasteiger charge is 2.12. The summed E-state index contributed by atoms with van der Waals surface area (Å²) in [4.78, 5) is 6.60. The summed E-state index contributed by atoms with van der Waals surface area (Å²) in [6, 6.07) is 10.3. The molecule has 1 heterocycles. The van der Waals surface area contributed by atoms with Gasteiger partial charge in [-0.15, -0.1) is 0 Å². The number of hydrogen-bond acceptors (Lipinski definition) is 2. The van der Waals surface area contributed by atoms with Gasteiger partial charge >= 0.3 is 0 Å². The van der Waals surface area contributed by atoms with Gasteiger partial charge in [-0.1, -0.05) is 35.9 Å². The molecule has 100 valence electrons. The van der Waals surface area contributed by atoms with Crippen LogP contribution in [0, 0.1) is 6.92 Å². The number of aromatic nitrogens is 1. The van der Waals surface area contributed by atoms with Crippen molar-refractivity contribution in [3.05, 3.63) is 57.2 Å². The zero-order valence-corrected chi connectivity index (χ0v) is 13.4. The largest absolute Gasteiger partial charge is 0.351 e. The average Bonchev–Trinajstić information content (AvgIpc) is 2.39. The minimum atomic E-state index is 0.671. The second-order valence-electron chi connectivity index (χ2n) is 4.40. The first-order valence-electron chi connectivity index (χ1n) is 6.22. The first kappa shape index (κ1) is 14.4.